The van der Waals surface area contributed by atoms with Gasteiger partial charge in [-0.25, -0.2) is 4.39 Å². The predicted molar refractivity (Wildman–Crippen MR) is 106 cm³/mol. The van der Waals surface area contributed by atoms with Crippen LogP contribution in [0.5, 0.6) is 5.75 Å². The first-order valence-corrected chi connectivity index (χ1v) is 9.24. The molecule has 1 heterocycles. The number of hydrogen-bond acceptors (Lipinski definition) is 4. The highest BCUT2D eigenvalue weighted by molar-refractivity contribution is 7.71. The van der Waals surface area contributed by atoms with Crippen molar-refractivity contribution >= 4 is 18.4 Å². The summed E-state index contributed by atoms with van der Waals surface area (Å²) in [6.45, 7) is 2.86. The summed E-state index contributed by atoms with van der Waals surface area (Å²) < 4.78 is 20.7. The lowest BCUT2D eigenvalue weighted by atomic mass is 10.1. The van der Waals surface area contributed by atoms with E-state index in [9.17, 15) is 4.39 Å². The van der Waals surface area contributed by atoms with E-state index in [4.69, 9.17) is 17.0 Å². The zero-order valence-electron chi connectivity index (χ0n) is 15.1. The van der Waals surface area contributed by atoms with Gasteiger partial charge in [0.2, 0.25) is 4.77 Å². The molecule has 0 atom stereocenters. The minimum atomic E-state index is -0.266. The van der Waals surface area contributed by atoms with Crippen molar-refractivity contribution in [1.29, 1.82) is 0 Å². The molecule has 1 N–H and O–H groups in total. The lowest BCUT2D eigenvalue weighted by molar-refractivity contribution is 0.309. The first-order chi connectivity index (χ1) is 13.2. The number of aromatic nitrogens is 3. The molecule has 3 rings (SSSR count). The van der Waals surface area contributed by atoms with Crippen LogP contribution in [0.1, 0.15) is 36.7 Å². The Bertz CT molecular complexity index is 945. The van der Waals surface area contributed by atoms with Crippen LogP contribution in [0.15, 0.2) is 53.6 Å². The molecule has 0 saturated carbocycles. The van der Waals surface area contributed by atoms with Gasteiger partial charge in [-0.15, -0.1) is 0 Å². The van der Waals surface area contributed by atoms with E-state index < -0.39 is 0 Å². The van der Waals surface area contributed by atoms with Crippen LogP contribution in [0.2, 0.25) is 0 Å². The van der Waals surface area contributed by atoms with Crippen molar-refractivity contribution in [2.24, 2.45) is 5.10 Å². The second kappa shape index (κ2) is 9.23. The fourth-order valence-corrected chi connectivity index (χ4v) is 2.65. The third kappa shape index (κ3) is 5.34. The summed E-state index contributed by atoms with van der Waals surface area (Å²) in [6.07, 6.45) is 4.36. The Morgan fingerprint density at radius 3 is 2.63 bits per heavy atom. The molecule has 0 unspecified atom stereocenters. The number of rotatable bonds is 8. The average Bonchev–Trinajstić information content (AvgIpc) is 3.02. The number of aromatic amines is 1. The van der Waals surface area contributed by atoms with Crippen molar-refractivity contribution in [2.75, 3.05) is 6.61 Å². The van der Waals surface area contributed by atoms with E-state index in [-0.39, 0.29) is 5.82 Å². The molecule has 2 aromatic carbocycles. The van der Waals surface area contributed by atoms with Crippen LogP contribution in [0.3, 0.4) is 0 Å². The van der Waals surface area contributed by atoms with E-state index in [1.165, 1.54) is 12.1 Å². The minimum Gasteiger partial charge on any atom is -0.494 e. The highest BCUT2D eigenvalue weighted by atomic mass is 32.1. The lowest BCUT2D eigenvalue weighted by Crippen LogP contribution is -2.00. The molecule has 140 valence electrons. The second-order valence-corrected chi connectivity index (χ2v) is 6.46. The maximum atomic E-state index is 13.1. The number of hydrogen-bond donors (Lipinski definition) is 1. The maximum Gasteiger partial charge on any atom is 0.216 e. The summed E-state index contributed by atoms with van der Waals surface area (Å²) in [7, 11) is 0. The van der Waals surface area contributed by atoms with Gasteiger partial charge in [-0.1, -0.05) is 25.5 Å². The van der Waals surface area contributed by atoms with Crippen LogP contribution >= 0.6 is 12.2 Å². The molecule has 0 saturated heterocycles. The number of benzene rings is 2. The number of unbranched alkanes of at least 4 members (excludes halogenated alkanes) is 1. The van der Waals surface area contributed by atoms with Crippen LogP contribution in [-0.2, 0) is 6.42 Å². The average molecular weight is 384 g/mol. The van der Waals surface area contributed by atoms with Crippen LogP contribution < -0.4 is 4.74 Å². The lowest BCUT2D eigenvalue weighted by Gasteiger charge is -2.05. The number of nitrogens with one attached hydrogen (secondary N) is 1. The van der Waals surface area contributed by atoms with Gasteiger partial charge in [0.15, 0.2) is 5.82 Å². The SMILES string of the molecule is CCCCOc1ccc(/C=N\n2c(Cc3ccc(F)cc3)n[nH]c2=S)cc1. The zero-order chi connectivity index (χ0) is 19.1. The number of ether oxygens (including phenoxy) is 1. The second-order valence-electron chi connectivity index (χ2n) is 6.08. The van der Waals surface area contributed by atoms with Gasteiger partial charge in [0.25, 0.3) is 0 Å². The van der Waals surface area contributed by atoms with Crippen molar-refractivity contribution in [1.82, 2.24) is 14.9 Å². The molecule has 0 fully saturated rings. The number of halogens is 1. The van der Waals surface area contributed by atoms with Gasteiger partial charge in [-0.2, -0.15) is 14.9 Å². The first-order valence-electron chi connectivity index (χ1n) is 8.83. The molecule has 27 heavy (non-hydrogen) atoms. The molecule has 3 aromatic rings. The Balaban J connectivity index is 1.70. The van der Waals surface area contributed by atoms with Crippen LogP contribution in [0.25, 0.3) is 0 Å². The molecule has 0 amide bonds. The van der Waals surface area contributed by atoms with E-state index in [0.717, 1.165) is 36.3 Å². The Hall–Kier alpha value is -2.80. The number of nitrogens with zero attached hydrogens (tertiary/aromatic N) is 3. The molecule has 0 aliphatic rings. The van der Waals surface area contributed by atoms with Gasteiger partial charge in [0.1, 0.15) is 11.6 Å². The highest BCUT2D eigenvalue weighted by Gasteiger charge is 2.06. The highest BCUT2D eigenvalue weighted by Crippen LogP contribution is 2.13. The van der Waals surface area contributed by atoms with Crippen molar-refractivity contribution in [3.05, 3.63) is 76.1 Å². The van der Waals surface area contributed by atoms with Gasteiger partial charge in [0, 0.05) is 6.42 Å². The summed E-state index contributed by atoms with van der Waals surface area (Å²) in [5.41, 5.74) is 1.85. The standard InChI is InChI=1S/C20H21FN4OS/c1-2-3-12-26-18-10-6-16(7-11-18)14-22-25-19(23-24-20(25)27)13-15-4-8-17(21)9-5-15/h4-11,14H,2-3,12-13H2,1H3,(H,24,27)/b22-14-. The molecule has 0 bridgehead atoms. The molecule has 1 aromatic heterocycles. The molecular formula is C20H21FN4OS. The van der Waals surface area contributed by atoms with E-state index in [0.29, 0.717) is 17.0 Å². The quantitative estimate of drug-likeness (QED) is 0.347. The van der Waals surface area contributed by atoms with Gasteiger partial charge in [0.05, 0.1) is 12.8 Å². The van der Waals surface area contributed by atoms with E-state index in [2.05, 4.69) is 22.2 Å². The molecule has 0 spiro atoms. The van der Waals surface area contributed by atoms with E-state index in [1.807, 2.05) is 24.3 Å². The summed E-state index contributed by atoms with van der Waals surface area (Å²) in [4.78, 5) is 0. The largest absolute Gasteiger partial charge is 0.494 e. The smallest absolute Gasteiger partial charge is 0.216 e. The maximum absolute atomic E-state index is 13.1. The van der Waals surface area contributed by atoms with E-state index in [1.54, 1.807) is 23.0 Å². The van der Waals surface area contributed by atoms with Crippen LogP contribution in [-0.4, -0.2) is 27.7 Å². The van der Waals surface area contributed by atoms with Gasteiger partial charge >= 0.3 is 0 Å². The Morgan fingerprint density at radius 1 is 1.19 bits per heavy atom. The van der Waals surface area contributed by atoms with Gasteiger partial charge < -0.3 is 4.74 Å². The van der Waals surface area contributed by atoms with Crippen molar-refractivity contribution in [3.8, 4) is 5.75 Å². The zero-order valence-corrected chi connectivity index (χ0v) is 15.9. The van der Waals surface area contributed by atoms with Crippen molar-refractivity contribution in [3.63, 3.8) is 0 Å². The Morgan fingerprint density at radius 2 is 1.93 bits per heavy atom. The van der Waals surface area contributed by atoms with Gasteiger partial charge in [-0.05, 0) is 66.2 Å². The predicted octanol–water partition coefficient (Wildman–Crippen LogP) is 4.73. The molecule has 0 aliphatic carbocycles. The molecule has 0 aliphatic heterocycles. The van der Waals surface area contributed by atoms with Crippen LogP contribution in [0.4, 0.5) is 4.39 Å². The third-order valence-corrected chi connectivity index (χ3v) is 4.23. The Kier molecular flexibility index (Phi) is 6.49. The molecule has 0 radical (unpaired) electrons. The van der Waals surface area contributed by atoms with E-state index >= 15 is 0 Å². The minimum absolute atomic E-state index is 0.266. The summed E-state index contributed by atoms with van der Waals surface area (Å²) in [6, 6.07) is 14.0. The third-order valence-electron chi connectivity index (χ3n) is 3.96. The molecule has 5 nitrogen and oxygen atoms in total. The molecule has 7 heteroatoms. The normalized spacial score (nSPS) is 11.2. The van der Waals surface area contributed by atoms with Gasteiger partial charge in [-0.3, -0.25) is 5.10 Å². The summed E-state index contributed by atoms with van der Waals surface area (Å²) >= 11 is 5.26. The monoisotopic (exact) mass is 384 g/mol. The topological polar surface area (TPSA) is 55.2 Å². The van der Waals surface area contributed by atoms with Crippen molar-refractivity contribution in [2.45, 2.75) is 26.2 Å². The van der Waals surface area contributed by atoms with Crippen LogP contribution in [0, 0.1) is 10.6 Å². The molecular weight excluding hydrogens is 363 g/mol. The Labute approximate surface area is 162 Å². The summed E-state index contributed by atoms with van der Waals surface area (Å²) in [5.74, 6) is 1.23. The first kappa shape index (κ1) is 19.0. The summed E-state index contributed by atoms with van der Waals surface area (Å²) in [5, 5.41) is 11.4. The van der Waals surface area contributed by atoms with Crippen molar-refractivity contribution < 1.29 is 9.13 Å². The fourth-order valence-electron chi connectivity index (χ4n) is 2.45. The number of H-pyrrole nitrogens is 1. The fraction of sp³-hybridized carbons (Fsp3) is 0.250.